The van der Waals surface area contributed by atoms with Crippen molar-refractivity contribution in [1.29, 1.82) is 5.26 Å². The first kappa shape index (κ1) is 9.67. The summed E-state index contributed by atoms with van der Waals surface area (Å²) in [7, 11) is 0. The van der Waals surface area contributed by atoms with Gasteiger partial charge in [-0.3, -0.25) is 0 Å². The molecule has 82 valence electrons. The van der Waals surface area contributed by atoms with Crippen molar-refractivity contribution in [3.63, 3.8) is 0 Å². The van der Waals surface area contributed by atoms with Crippen molar-refractivity contribution in [2.24, 2.45) is 0 Å². The van der Waals surface area contributed by atoms with E-state index in [2.05, 4.69) is 16.0 Å². The lowest BCUT2D eigenvalue weighted by molar-refractivity contribution is 0.577. The van der Waals surface area contributed by atoms with Crippen molar-refractivity contribution < 1.29 is 4.42 Å². The molecule has 3 aromatic rings. The number of imidazole rings is 1. The molecule has 0 aliphatic heterocycles. The second kappa shape index (κ2) is 3.49. The van der Waals surface area contributed by atoms with E-state index < -0.39 is 0 Å². The first-order chi connectivity index (χ1) is 8.28. The molecule has 2 aromatic heterocycles. The molecule has 4 nitrogen and oxygen atoms in total. The average Bonchev–Trinajstić information content (AvgIpc) is 2.93. The predicted molar refractivity (Wildman–Crippen MR) is 63.2 cm³/mol. The summed E-state index contributed by atoms with van der Waals surface area (Å²) in [6.07, 6.45) is 1.64. The van der Waals surface area contributed by atoms with E-state index in [4.69, 9.17) is 9.68 Å². The van der Waals surface area contributed by atoms with Crippen LogP contribution in [0.2, 0.25) is 0 Å². The number of hydrogen-bond acceptors (Lipinski definition) is 3. The van der Waals surface area contributed by atoms with Gasteiger partial charge in [-0.1, -0.05) is 0 Å². The zero-order valence-electron chi connectivity index (χ0n) is 9.19. The molecule has 0 atom stereocenters. The number of benzene rings is 1. The van der Waals surface area contributed by atoms with E-state index in [0.29, 0.717) is 11.4 Å². The molecular formula is C13H9N3O. The summed E-state index contributed by atoms with van der Waals surface area (Å²) in [5.74, 6) is 1.43. The molecule has 3 rings (SSSR count). The standard InChI is InChI=1S/C13H9N3O/c1-8-4-5-17-12(8)13-15-10-3-2-9(7-14)6-11(10)16-13/h2-6H,1H3,(H,15,16). The van der Waals surface area contributed by atoms with Crippen molar-refractivity contribution in [2.75, 3.05) is 0 Å². The zero-order valence-corrected chi connectivity index (χ0v) is 9.19. The van der Waals surface area contributed by atoms with Gasteiger partial charge in [-0.25, -0.2) is 4.98 Å². The summed E-state index contributed by atoms with van der Waals surface area (Å²) in [5.41, 5.74) is 3.32. The number of rotatable bonds is 1. The largest absolute Gasteiger partial charge is 0.461 e. The fraction of sp³-hybridized carbons (Fsp3) is 0.0769. The molecule has 0 aliphatic carbocycles. The third kappa shape index (κ3) is 1.49. The quantitative estimate of drug-likeness (QED) is 0.689. The SMILES string of the molecule is Cc1ccoc1-c1nc2ccc(C#N)cc2[nH]1. The van der Waals surface area contributed by atoms with Crippen LogP contribution in [0.1, 0.15) is 11.1 Å². The Labute approximate surface area is 97.5 Å². The Morgan fingerprint density at radius 1 is 1.35 bits per heavy atom. The first-order valence-electron chi connectivity index (χ1n) is 5.22. The normalized spacial score (nSPS) is 10.6. The number of furan rings is 1. The van der Waals surface area contributed by atoms with E-state index >= 15 is 0 Å². The van der Waals surface area contributed by atoms with Crippen LogP contribution >= 0.6 is 0 Å². The zero-order chi connectivity index (χ0) is 11.8. The third-order valence-corrected chi connectivity index (χ3v) is 2.69. The fourth-order valence-electron chi connectivity index (χ4n) is 1.80. The molecule has 0 saturated heterocycles. The first-order valence-corrected chi connectivity index (χ1v) is 5.22. The molecule has 4 heteroatoms. The van der Waals surface area contributed by atoms with Gasteiger partial charge in [-0.2, -0.15) is 5.26 Å². The number of aryl methyl sites for hydroxylation is 1. The minimum atomic E-state index is 0.615. The molecule has 0 radical (unpaired) electrons. The van der Waals surface area contributed by atoms with Crippen molar-refractivity contribution in [3.05, 3.63) is 41.7 Å². The average molecular weight is 223 g/mol. The van der Waals surface area contributed by atoms with Gasteiger partial charge in [0.2, 0.25) is 0 Å². The fourth-order valence-corrected chi connectivity index (χ4v) is 1.80. The molecule has 1 aromatic carbocycles. The minimum Gasteiger partial charge on any atom is -0.461 e. The lowest BCUT2D eigenvalue weighted by Crippen LogP contribution is -1.78. The monoisotopic (exact) mass is 223 g/mol. The summed E-state index contributed by atoms with van der Waals surface area (Å²) in [6.45, 7) is 1.97. The molecule has 0 amide bonds. The second-order valence-electron chi connectivity index (χ2n) is 3.86. The van der Waals surface area contributed by atoms with Gasteiger partial charge in [0.15, 0.2) is 11.6 Å². The number of fused-ring (bicyclic) bond motifs is 1. The van der Waals surface area contributed by atoms with Gasteiger partial charge in [0.1, 0.15) is 0 Å². The van der Waals surface area contributed by atoms with Gasteiger partial charge < -0.3 is 9.40 Å². The topological polar surface area (TPSA) is 65.6 Å². The van der Waals surface area contributed by atoms with Gasteiger partial charge in [0, 0.05) is 0 Å². The second-order valence-corrected chi connectivity index (χ2v) is 3.86. The molecule has 2 heterocycles. The van der Waals surface area contributed by atoms with E-state index in [-0.39, 0.29) is 0 Å². The highest BCUT2D eigenvalue weighted by Gasteiger charge is 2.10. The van der Waals surface area contributed by atoms with Gasteiger partial charge in [0.25, 0.3) is 0 Å². The van der Waals surface area contributed by atoms with Crippen LogP contribution in [0, 0.1) is 18.3 Å². The van der Waals surface area contributed by atoms with Crippen LogP contribution in [-0.2, 0) is 0 Å². The molecule has 0 fully saturated rings. The molecule has 1 N–H and O–H groups in total. The van der Waals surface area contributed by atoms with Gasteiger partial charge in [0.05, 0.1) is 28.9 Å². The Hall–Kier alpha value is -2.54. The lowest BCUT2D eigenvalue weighted by atomic mass is 10.2. The number of hydrogen-bond donors (Lipinski definition) is 1. The van der Waals surface area contributed by atoms with Crippen molar-refractivity contribution in [3.8, 4) is 17.7 Å². The molecule has 0 aliphatic rings. The van der Waals surface area contributed by atoms with Crippen LogP contribution in [0.15, 0.2) is 34.9 Å². The summed E-state index contributed by atoms with van der Waals surface area (Å²) in [4.78, 5) is 7.59. The highest BCUT2D eigenvalue weighted by Crippen LogP contribution is 2.24. The maximum absolute atomic E-state index is 8.83. The molecule has 0 saturated carbocycles. The van der Waals surface area contributed by atoms with E-state index in [1.54, 1.807) is 18.4 Å². The lowest BCUT2D eigenvalue weighted by Gasteiger charge is -1.90. The molecule has 0 bridgehead atoms. The number of aromatic nitrogens is 2. The van der Waals surface area contributed by atoms with E-state index in [1.165, 1.54) is 0 Å². The van der Waals surface area contributed by atoms with Crippen LogP contribution < -0.4 is 0 Å². The van der Waals surface area contributed by atoms with Gasteiger partial charge in [-0.05, 0) is 36.8 Å². The van der Waals surface area contributed by atoms with E-state index in [1.807, 2.05) is 19.1 Å². The molecule has 0 spiro atoms. The maximum atomic E-state index is 8.83. The Balaban J connectivity index is 2.21. The maximum Gasteiger partial charge on any atom is 0.174 e. The highest BCUT2D eigenvalue weighted by atomic mass is 16.3. The Morgan fingerprint density at radius 2 is 2.24 bits per heavy atom. The van der Waals surface area contributed by atoms with Crippen LogP contribution in [0.4, 0.5) is 0 Å². The van der Waals surface area contributed by atoms with Crippen LogP contribution in [0.5, 0.6) is 0 Å². The van der Waals surface area contributed by atoms with Gasteiger partial charge in [-0.15, -0.1) is 0 Å². The van der Waals surface area contributed by atoms with Crippen molar-refractivity contribution >= 4 is 11.0 Å². The van der Waals surface area contributed by atoms with E-state index in [9.17, 15) is 0 Å². The van der Waals surface area contributed by atoms with Crippen molar-refractivity contribution in [2.45, 2.75) is 6.92 Å². The summed E-state index contributed by atoms with van der Waals surface area (Å²) in [6, 6.07) is 9.35. The van der Waals surface area contributed by atoms with Crippen LogP contribution in [0.25, 0.3) is 22.6 Å². The number of H-pyrrole nitrogens is 1. The Bertz CT molecular complexity index is 731. The Morgan fingerprint density at radius 3 is 2.94 bits per heavy atom. The third-order valence-electron chi connectivity index (χ3n) is 2.69. The number of nitriles is 1. The highest BCUT2D eigenvalue weighted by molar-refractivity contribution is 5.80. The number of aromatic amines is 1. The predicted octanol–water partition coefficient (Wildman–Crippen LogP) is 3.00. The summed E-state index contributed by atoms with van der Waals surface area (Å²) in [5, 5.41) is 8.83. The van der Waals surface area contributed by atoms with E-state index in [0.717, 1.165) is 22.4 Å². The molecule has 17 heavy (non-hydrogen) atoms. The molecular weight excluding hydrogens is 214 g/mol. The minimum absolute atomic E-state index is 0.615. The van der Waals surface area contributed by atoms with Crippen molar-refractivity contribution in [1.82, 2.24) is 9.97 Å². The summed E-state index contributed by atoms with van der Waals surface area (Å²) < 4.78 is 5.38. The van der Waals surface area contributed by atoms with Gasteiger partial charge >= 0.3 is 0 Å². The number of nitrogens with one attached hydrogen (secondary N) is 1. The number of nitrogens with zero attached hydrogens (tertiary/aromatic N) is 2. The Kier molecular flexibility index (Phi) is 1.99. The van der Waals surface area contributed by atoms with Crippen LogP contribution in [0.3, 0.4) is 0 Å². The molecule has 0 unspecified atom stereocenters. The smallest absolute Gasteiger partial charge is 0.174 e. The summed E-state index contributed by atoms with van der Waals surface area (Å²) >= 11 is 0. The van der Waals surface area contributed by atoms with Crippen LogP contribution in [-0.4, -0.2) is 9.97 Å².